The third kappa shape index (κ3) is 4.69. The fourth-order valence-corrected chi connectivity index (χ4v) is 3.87. The number of hydrogen-bond acceptors (Lipinski definition) is 7. The first-order valence-corrected chi connectivity index (χ1v) is 11.5. The van der Waals surface area contributed by atoms with Gasteiger partial charge in [0, 0.05) is 35.8 Å². The molecule has 3 aromatic heterocycles. The molecule has 1 aromatic carbocycles. The third-order valence-corrected chi connectivity index (χ3v) is 5.82. The van der Waals surface area contributed by atoms with Crippen molar-refractivity contribution in [3.8, 4) is 11.1 Å². The highest BCUT2D eigenvalue weighted by Crippen LogP contribution is 2.29. The molecule has 0 spiro atoms. The molecule has 180 valence electrons. The summed E-state index contributed by atoms with van der Waals surface area (Å²) in [6.07, 6.45) is 4.66. The van der Waals surface area contributed by atoms with Crippen LogP contribution in [0.15, 0.2) is 41.0 Å². The van der Waals surface area contributed by atoms with Crippen LogP contribution in [-0.4, -0.2) is 44.1 Å². The predicted octanol–water partition coefficient (Wildman–Crippen LogP) is 3.75. The van der Waals surface area contributed by atoms with Gasteiger partial charge < -0.3 is 20.0 Å². The van der Waals surface area contributed by atoms with Gasteiger partial charge in [0.2, 0.25) is 5.89 Å². The lowest BCUT2D eigenvalue weighted by Gasteiger charge is -2.11. The van der Waals surface area contributed by atoms with E-state index in [-0.39, 0.29) is 17.9 Å². The van der Waals surface area contributed by atoms with Gasteiger partial charge in [0.15, 0.2) is 5.65 Å². The Morgan fingerprint density at radius 1 is 1.23 bits per heavy atom. The van der Waals surface area contributed by atoms with Crippen LogP contribution >= 0.6 is 0 Å². The van der Waals surface area contributed by atoms with Crippen LogP contribution < -0.4 is 10.6 Å². The van der Waals surface area contributed by atoms with Crippen LogP contribution in [0.4, 0.5) is 4.39 Å². The molecule has 0 atom stereocenters. The minimum atomic E-state index is -0.551. The van der Waals surface area contributed by atoms with E-state index in [9.17, 15) is 9.18 Å². The molecule has 1 aliphatic heterocycles. The SMILES string of the molecule is CC(C)(C)c1nnc(C(=O)NCc2ccc(-c3ccnc4nc(C5=CCNCC5)[nH]c34)cc2F)o1. The number of nitrogens with one attached hydrogen (secondary N) is 3. The van der Waals surface area contributed by atoms with E-state index in [4.69, 9.17) is 4.42 Å². The first-order chi connectivity index (χ1) is 16.8. The van der Waals surface area contributed by atoms with Crippen molar-refractivity contribution in [2.45, 2.75) is 39.2 Å². The number of carbonyl (C=O) groups excluding carboxylic acids is 1. The summed E-state index contributed by atoms with van der Waals surface area (Å²) in [5, 5.41) is 13.6. The number of H-pyrrole nitrogens is 1. The maximum absolute atomic E-state index is 15.0. The second-order valence-corrected chi connectivity index (χ2v) is 9.48. The van der Waals surface area contributed by atoms with Crippen molar-refractivity contribution in [2.24, 2.45) is 0 Å². The number of hydrogen-bond donors (Lipinski definition) is 3. The lowest BCUT2D eigenvalue weighted by Crippen LogP contribution is -2.23. The molecule has 5 rings (SSSR count). The topological polar surface area (TPSA) is 122 Å². The summed E-state index contributed by atoms with van der Waals surface area (Å²) in [5.74, 6) is 0.0150. The number of rotatable bonds is 5. The zero-order chi connectivity index (χ0) is 24.6. The third-order valence-electron chi connectivity index (χ3n) is 5.82. The Labute approximate surface area is 201 Å². The number of halogens is 1. The van der Waals surface area contributed by atoms with Crippen LogP contribution in [0.25, 0.3) is 27.9 Å². The number of aromatic amines is 1. The molecule has 0 radical (unpaired) electrons. The predicted molar refractivity (Wildman–Crippen MR) is 129 cm³/mol. The molecule has 0 saturated heterocycles. The Bertz CT molecular complexity index is 1430. The highest BCUT2D eigenvalue weighted by Gasteiger charge is 2.24. The van der Waals surface area contributed by atoms with E-state index in [0.29, 0.717) is 22.7 Å². The van der Waals surface area contributed by atoms with Crippen LogP contribution in [0.5, 0.6) is 0 Å². The fraction of sp³-hybridized carbons (Fsp3) is 0.320. The lowest BCUT2D eigenvalue weighted by atomic mass is 9.97. The van der Waals surface area contributed by atoms with Gasteiger partial charge >= 0.3 is 11.8 Å². The number of aromatic nitrogens is 5. The summed E-state index contributed by atoms with van der Waals surface area (Å²) in [6.45, 7) is 7.41. The molecule has 0 aliphatic carbocycles. The van der Waals surface area contributed by atoms with Crippen molar-refractivity contribution in [3.63, 3.8) is 0 Å². The van der Waals surface area contributed by atoms with Gasteiger partial charge in [-0.05, 0) is 36.2 Å². The summed E-state index contributed by atoms with van der Waals surface area (Å²) in [5.41, 5.74) is 3.95. The number of amides is 1. The standard InChI is InChI=1S/C25H26FN7O2/c1-25(2,3)24-33-32-23(35-24)22(34)29-13-16-5-4-15(12-18(16)26)17-8-11-28-21-19(17)30-20(31-21)14-6-9-27-10-7-14/h4-6,8,11-12,27H,7,9-10,13H2,1-3H3,(H,29,34)(H,28,30,31). The average molecular weight is 476 g/mol. The Kier molecular flexibility index (Phi) is 5.89. The van der Waals surface area contributed by atoms with E-state index >= 15 is 0 Å². The molecule has 0 saturated carbocycles. The largest absolute Gasteiger partial charge is 0.416 e. The maximum atomic E-state index is 15.0. The Morgan fingerprint density at radius 3 is 2.80 bits per heavy atom. The number of fused-ring (bicyclic) bond motifs is 1. The second-order valence-electron chi connectivity index (χ2n) is 9.48. The van der Waals surface area contributed by atoms with E-state index in [1.165, 1.54) is 6.07 Å². The van der Waals surface area contributed by atoms with E-state index < -0.39 is 11.7 Å². The number of benzene rings is 1. The van der Waals surface area contributed by atoms with Gasteiger partial charge in [0.25, 0.3) is 0 Å². The van der Waals surface area contributed by atoms with Crippen LogP contribution in [0.3, 0.4) is 0 Å². The molecule has 1 aliphatic rings. The molecular weight excluding hydrogens is 449 g/mol. The van der Waals surface area contributed by atoms with E-state index in [1.54, 1.807) is 12.3 Å². The molecule has 35 heavy (non-hydrogen) atoms. The molecule has 10 heteroatoms. The van der Waals surface area contributed by atoms with Gasteiger partial charge in [-0.1, -0.05) is 39.0 Å². The molecule has 4 heterocycles. The zero-order valence-corrected chi connectivity index (χ0v) is 19.8. The minimum Gasteiger partial charge on any atom is -0.416 e. The highest BCUT2D eigenvalue weighted by molar-refractivity contribution is 5.91. The first kappa shape index (κ1) is 22.9. The summed E-state index contributed by atoms with van der Waals surface area (Å²) in [7, 11) is 0. The van der Waals surface area contributed by atoms with Gasteiger partial charge in [-0.15, -0.1) is 10.2 Å². The summed E-state index contributed by atoms with van der Waals surface area (Å²) in [6, 6.07) is 6.75. The Balaban J connectivity index is 1.34. The molecule has 0 fully saturated rings. The summed E-state index contributed by atoms with van der Waals surface area (Å²) < 4.78 is 20.4. The van der Waals surface area contributed by atoms with Crippen molar-refractivity contribution in [2.75, 3.05) is 13.1 Å². The van der Waals surface area contributed by atoms with Crippen molar-refractivity contribution >= 4 is 22.6 Å². The highest BCUT2D eigenvalue weighted by atomic mass is 19.1. The van der Waals surface area contributed by atoms with Gasteiger partial charge in [0.1, 0.15) is 11.6 Å². The number of pyridine rings is 1. The quantitative estimate of drug-likeness (QED) is 0.402. The van der Waals surface area contributed by atoms with Gasteiger partial charge in [-0.2, -0.15) is 0 Å². The van der Waals surface area contributed by atoms with Crippen molar-refractivity contribution < 1.29 is 13.6 Å². The molecular formula is C25H26FN7O2. The minimum absolute atomic E-state index is 0.0136. The molecule has 1 amide bonds. The van der Waals surface area contributed by atoms with Crippen molar-refractivity contribution in [1.29, 1.82) is 0 Å². The first-order valence-electron chi connectivity index (χ1n) is 11.5. The number of carbonyl (C=O) groups is 1. The molecule has 0 bridgehead atoms. The molecule has 4 aromatic rings. The second kappa shape index (κ2) is 9.03. The van der Waals surface area contributed by atoms with Crippen LogP contribution in [0.1, 0.15) is 55.2 Å². The smallest absolute Gasteiger partial charge is 0.309 e. The van der Waals surface area contributed by atoms with Crippen molar-refractivity contribution in [3.05, 3.63) is 65.5 Å². The summed E-state index contributed by atoms with van der Waals surface area (Å²) in [4.78, 5) is 24.7. The number of imidazole rings is 1. The van der Waals surface area contributed by atoms with Crippen LogP contribution in [0, 0.1) is 5.82 Å². The van der Waals surface area contributed by atoms with E-state index in [2.05, 4.69) is 41.9 Å². The van der Waals surface area contributed by atoms with Gasteiger partial charge in [0.05, 0.1) is 5.52 Å². The molecule has 3 N–H and O–H groups in total. The summed E-state index contributed by atoms with van der Waals surface area (Å²) >= 11 is 0. The van der Waals surface area contributed by atoms with E-state index in [0.717, 1.165) is 42.0 Å². The Hall–Kier alpha value is -3.92. The number of nitrogens with zero attached hydrogens (tertiary/aromatic N) is 4. The normalized spacial score (nSPS) is 14.2. The monoisotopic (exact) mass is 475 g/mol. The average Bonchev–Trinajstić information content (AvgIpc) is 3.51. The molecule has 9 nitrogen and oxygen atoms in total. The van der Waals surface area contributed by atoms with Gasteiger partial charge in [-0.3, -0.25) is 4.79 Å². The van der Waals surface area contributed by atoms with Crippen LogP contribution in [-0.2, 0) is 12.0 Å². The maximum Gasteiger partial charge on any atom is 0.309 e. The Morgan fingerprint density at radius 2 is 2.09 bits per heavy atom. The van der Waals surface area contributed by atoms with Crippen molar-refractivity contribution in [1.82, 2.24) is 35.8 Å². The van der Waals surface area contributed by atoms with Crippen LogP contribution in [0.2, 0.25) is 0 Å². The molecule has 0 unspecified atom stereocenters. The zero-order valence-electron chi connectivity index (χ0n) is 19.8. The fourth-order valence-electron chi connectivity index (χ4n) is 3.87. The lowest BCUT2D eigenvalue weighted by molar-refractivity contribution is 0.0912. The van der Waals surface area contributed by atoms with E-state index in [1.807, 2.05) is 32.9 Å². The van der Waals surface area contributed by atoms with Gasteiger partial charge in [-0.25, -0.2) is 14.4 Å².